The summed E-state index contributed by atoms with van der Waals surface area (Å²) in [5.41, 5.74) is 1.68. The molecule has 42 heavy (non-hydrogen) atoms. The summed E-state index contributed by atoms with van der Waals surface area (Å²) in [7, 11) is 0. The van der Waals surface area contributed by atoms with Gasteiger partial charge in [-0.3, -0.25) is 9.59 Å². The molecule has 0 saturated heterocycles. The third kappa shape index (κ3) is 11.4. The predicted octanol–water partition coefficient (Wildman–Crippen LogP) is 6.45. The number of phenolic OH excluding ortho intramolecular Hbond substituents is 1. The minimum atomic E-state index is -1.01. The van der Waals surface area contributed by atoms with Crippen molar-refractivity contribution in [1.29, 1.82) is 0 Å². The molecule has 0 saturated carbocycles. The van der Waals surface area contributed by atoms with Gasteiger partial charge in [0.2, 0.25) is 11.8 Å². The minimum Gasteiger partial charge on any atom is -0.508 e. The van der Waals surface area contributed by atoms with Crippen molar-refractivity contribution in [2.75, 3.05) is 6.54 Å². The van der Waals surface area contributed by atoms with E-state index < -0.39 is 23.8 Å². The number of unbranched alkanes of at least 4 members (excludes halogenated alkanes) is 1. The molecule has 2 rings (SSSR count). The number of alkyl carbamates (subject to hydrolysis) is 1. The van der Waals surface area contributed by atoms with Gasteiger partial charge in [-0.2, -0.15) is 0 Å². The second-order valence-corrected chi connectivity index (χ2v) is 12.6. The molecule has 0 fully saturated rings. The number of phenols is 1. The summed E-state index contributed by atoms with van der Waals surface area (Å²) in [6.45, 7) is 16.0. The molecule has 0 heterocycles. The standard InChI is InChI=1S/C34H51N3O5/c1-9-10-20-35-31(39)30(27-13-11-12-24(4)21-27)37(25(5)15-14-23(2)3)32(40)29(36-33(41)42-34(6,7)8)22-26-16-18-28(38)19-17-26/h11-13,16-19,21,23,25,29-30,38H,9-10,14-15,20,22H2,1-8H3,(H,35,39)(H,36,41). The van der Waals surface area contributed by atoms with E-state index in [1.807, 2.05) is 38.1 Å². The Kier molecular flexibility index (Phi) is 13.4. The van der Waals surface area contributed by atoms with E-state index in [1.54, 1.807) is 49.9 Å². The van der Waals surface area contributed by atoms with Gasteiger partial charge in [0.1, 0.15) is 23.4 Å². The third-order valence-electron chi connectivity index (χ3n) is 6.97. The highest BCUT2D eigenvalue weighted by atomic mass is 16.6. The fourth-order valence-electron chi connectivity index (χ4n) is 4.77. The van der Waals surface area contributed by atoms with Crippen LogP contribution in [0.2, 0.25) is 0 Å². The molecule has 0 radical (unpaired) electrons. The van der Waals surface area contributed by atoms with Gasteiger partial charge in [0.05, 0.1) is 0 Å². The Morgan fingerprint density at radius 3 is 2.24 bits per heavy atom. The van der Waals surface area contributed by atoms with E-state index in [-0.39, 0.29) is 30.0 Å². The van der Waals surface area contributed by atoms with Crippen molar-refractivity contribution < 1.29 is 24.2 Å². The lowest BCUT2D eigenvalue weighted by Gasteiger charge is -2.39. The zero-order valence-electron chi connectivity index (χ0n) is 26.7. The number of aryl methyl sites for hydroxylation is 1. The molecule has 8 nitrogen and oxygen atoms in total. The van der Waals surface area contributed by atoms with E-state index in [0.717, 1.165) is 36.0 Å². The molecule has 232 valence electrons. The van der Waals surface area contributed by atoms with Gasteiger partial charge in [0.15, 0.2) is 0 Å². The number of hydrogen-bond acceptors (Lipinski definition) is 5. The number of nitrogens with zero attached hydrogens (tertiary/aromatic N) is 1. The zero-order valence-corrected chi connectivity index (χ0v) is 26.7. The lowest BCUT2D eigenvalue weighted by atomic mass is 9.95. The molecule has 8 heteroatoms. The summed E-state index contributed by atoms with van der Waals surface area (Å²) in [4.78, 5) is 43.2. The number of aromatic hydroxyl groups is 1. The van der Waals surface area contributed by atoms with Gasteiger partial charge in [0, 0.05) is 19.0 Å². The van der Waals surface area contributed by atoms with E-state index in [1.165, 1.54) is 0 Å². The summed E-state index contributed by atoms with van der Waals surface area (Å²) < 4.78 is 5.53. The van der Waals surface area contributed by atoms with Crippen LogP contribution in [0.25, 0.3) is 0 Å². The summed E-state index contributed by atoms with van der Waals surface area (Å²) in [5, 5.41) is 15.6. The van der Waals surface area contributed by atoms with Crippen LogP contribution in [0.1, 0.15) is 96.9 Å². The van der Waals surface area contributed by atoms with Crippen LogP contribution in [-0.2, 0) is 20.7 Å². The van der Waals surface area contributed by atoms with Crippen molar-refractivity contribution in [3.05, 3.63) is 65.2 Å². The maximum absolute atomic E-state index is 14.7. The van der Waals surface area contributed by atoms with Crippen molar-refractivity contribution in [2.24, 2.45) is 5.92 Å². The molecule has 2 aromatic rings. The van der Waals surface area contributed by atoms with Crippen LogP contribution in [0.5, 0.6) is 5.75 Å². The van der Waals surface area contributed by atoms with E-state index in [4.69, 9.17) is 4.74 Å². The normalized spacial score (nSPS) is 13.6. The van der Waals surface area contributed by atoms with Crippen molar-refractivity contribution in [1.82, 2.24) is 15.5 Å². The Labute approximate surface area is 252 Å². The zero-order chi connectivity index (χ0) is 31.4. The van der Waals surface area contributed by atoms with Gasteiger partial charge >= 0.3 is 6.09 Å². The van der Waals surface area contributed by atoms with Crippen LogP contribution in [0.15, 0.2) is 48.5 Å². The van der Waals surface area contributed by atoms with Crippen LogP contribution >= 0.6 is 0 Å². The molecule has 0 aliphatic rings. The highest BCUT2D eigenvalue weighted by Crippen LogP contribution is 2.29. The average Bonchev–Trinajstić information content (AvgIpc) is 2.89. The molecule has 3 atom stereocenters. The van der Waals surface area contributed by atoms with Crippen LogP contribution < -0.4 is 10.6 Å². The Morgan fingerprint density at radius 1 is 1.00 bits per heavy atom. The summed E-state index contributed by atoms with van der Waals surface area (Å²) in [6.07, 6.45) is 2.75. The molecule has 0 spiro atoms. The van der Waals surface area contributed by atoms with Crippen LogP contribution in [-0.4, -0.2) is 52.1 Å². The van der Waals surface area contributed by atoms with E-state index in [0.29, 0.717) is 18.9 Å². The molecule has 0 aromatic heterocycles. The number of carbonyl (C=O) groups excluding carboxylic acids is 3. The van der Waals surface area contributed by atoms with Crippen molar-refractivity contribution in [3.8, 4) is 5.75 Å². The largest absolute Gasteiger partial charge is 0.508 e. The third-order valence-corrected chi connectivity index (χ3v) is 6.97. The first-order valence-corrected chi connectivity index (χ1v) is 15.2. The lowest BCUT2D eigenvalue weighted by molar-refractivity contribution is -0.145. The molecule has 0 aliphatic carbocycles. The topological polar surface area (TPSA) is 108 Å². The van der Waals surface area contributed by atoms with Crippen LogP contribution in [0, 0.1) is 12.8 Å². The minimum absolute atomic E-state index is 0.105. The van der Waals surface area contributed by atoms with E-state index in [9.17, 15) is 19.5 Å². The first kappa shape index (κ1) is 34.7. The molecule has 3 unspecified atom stereocenters. The van der Waals surface area contributed by atoms with Gasteiger partial charge < -0.3 is 25.4 Å². The van der Waals surface area contributed by atoms with Crippen molar-refractivity contribution in [3.63, 3.8) is 0 Å². The van der Waals surface area contributed by atoms with Gasteiger partial charge in [-0.25, -0.2) is 4.79 Å². The Hall–Kier alpha value is -3.55. The van der Waals surface area contributed by atoms with Gasteiger partial charge in [0.25, 0.3) is 0 Å². The fourth-order valence-corrected chi connectivity index (χ4v) is 4.77. The van der Waals surface area contributed by atoms with E-state index >= 15 is 0 Å². The number of nitrogens with one attached hydrogen (secondary N) is 2. The van der Waals surface area contributed by atoms with Gasteiger partial charge in [-0.05, 0) is 83.1 Å². The molecule has 0 aliphatic heterocycles. The SMILES string of the molecule is CCCCNC(=O)C(c1cccc(C)c1)N(C(=O)C(Cc1ccc(O)cc1)NC(=O)OC(C)(C)C)C(C)CCC(C)C. The number of hydrogen-bond donors (Lipinski definition) is 3. The second kappa shape index (κ2) is 16.2. The quantitative estimate of drug-likeness (QED) is 0.222. The number of benzene rings is 2. The molecular formula is C34H51N3O5. The summed E-state index contributed by atoms with van der Waals surface area (Å²) in [5.74, 6) is -0.108. The summed E-state index contributed by atoms with van der Waals surface area (Å²) >= 11 is 0. The lowest BCUT2D eigenvalue weighted by Crippen LogP contribution is -2.56. The number of ether oxygens (including phenoxy) is 1. The smallest absolute Gasteiger partial charge is 0.408 e. The Balaban J connectivity index is 2.62. The molecule has 2 aromatic carbocycles. The number of rotatable bonds is 14. The van der Waals surface area contributed by atoms with E-state index in [2.05, 4.69) is 31.4 Å². The van der Waals surface area contributed by atoms with Crippen LogP contribution in [0.4, 0.5) is 4.79 Å². The molecule has 3 amide bonds. The molecule has 3 N–H and O–H groups in total. The van der Waals surface area contributed by atoms with Gasteiger partial charge in [-0.15, -0.1) is 0 Å². The maximum atomic E-state index is 14.7. The summed E-state index contributed by atoms with van der Waals surface area (Å²) in [6, 6.07) is 12.0. The second-order valence-electron chi connectivity index (χ2n) is 12.6. The highest BCUT2D eigenvalue weighted by Gasteiger charge is 2.39. The monoisotopic (exact) mass is 581 g/mol. The fraction of sp³-hybridized carbons (Fsp3) is 0.559. The molecular weight excluding hydrogens is 530 g/mol. The average molecular weight is 582 g/mol. The van der Waals surface area contributed by atoms with Crippen LogP contribution in [0.3, 0.4) is 0 Å². The Morgan fingerprint density at radius 2 is 1.67 bits per heavy atom. The Bertz CT molecular complexity index is 1160. The number of amides is 3. The molecule has 0 bridgehead atoms. The van der Waals surface area contributed by atoms with Crippen molar-refractivity contribution >= 4 is 17.9 Å². The number of carbonyl (C=O) groups is 3. The highest BCUT2D eigenvalue weighted by molar-refractivity contribution is 5.92. The first-order chi connectivity index (χ1) is 19.7. The van der Waals surface area contributed by atoms with Gasteiger partial charge in [-0.1, -0.05) is 69.2 Å². The first-order valence-electron chi connectivity index (χ1n) is 15.2. The maximum Gasteiger partial charge on any atom is 0.408 e. The van der Waals surface area contributed by atoms with Crippen molar-refractivity contribution in [2.45, 2.75) is 111 Å². The predicted molar refractivity (Wildman–Crippen MR) is 167 cm³/mol.